The fourth-order valence-corrected chi connectivity index (χ4v) is 3.01. The second-order valence-electron chi connectivity index (χ2n) is 6.43. The second-order valence-corrected chi connectivity index (χ2v) is 6.93. The first-order valence-corrected chi connectivity index (χ1v) is 9.65. The molecule has 0 spiro atoms. The minimum absolute atomic E-state index is 0.322. The van der Waals surface area contributed by atoms with Gasteiger partial charge in [-0.1, -0.05) is 54.7 Å². The summed E-state index contributed by atoms with van der Waals surface area (Å²) in [5.74, 6) is 2.64. The topological polar surface area (TPSA) is 78.0 Å². The fourth-order valence-electron chi connectivity index (χ4n) is 2.93. The SMILES string of the molecule is COc1ccc(Cn2c(CCc3ccccc3)nnc2CNC(=S)CN)cc1. The lowest BCUT2D eigenvalue weighted by Crippen LogP contribution is -2.29. The van der Waals surface area contributed by atoms with Crippen LogP contribution in [0.15, 0.2) is 54.6 Å². The van der Waals surface area contributed by atoms with Crippen LogP contribution in [0.25, 0.3) is 0 Å². The molecule has 0 radical (unpaired) electrons. The first-order valence-electron chi connectivity index (χ1n) is 9.24. The molecule has 28 heavy (non-hydrogen) atoms. The number of methoxy groups -OCH3 is 1. The van der Waals surface area contributed by atoms with Gasteiger partial charge in [-0.15, -0.1) is 10.2 Å². The van der Waals surface area contributed by atoms with Gasteiger partial charge in [0.25, 0.3) is 0 Å². The van der Waals surface area contributed by atoms with E-state index in [9.17, 15) is 0 Å². The van der Waals surface area contributed by atoms with Crippen LogP contribution in [0.3, 0.4) is 0 Å². The van der Waals surface area contributed by atoms with Crippen molar-refractivity contribution in [2.75, 3.05) is 13.7 Å². The molecule has 3 N–H and O–H groups in total. The molecule has 0 amide bonds. The van der Waals surface area contributed by atoms with E-state index in [4.69, 9.17) is 22.7 Å². The summed E-state index contributed by atoms with van der Waals surface area (Å²) >= 11 is 5.17. The number of hydrogen-bond donors (Lipinski definition) is 2. The first-order chi connectivity index (χ1) is 13.7. The van der Waals surface area contributed by atoms with Gasteiger partial charge in [-0.3, -0.25) is 0 Å². The molecule has 3 aromatic rings. The molecule has 0 bridgehead atoms. The van der Waals surface area contributed by atoms with E-state index in [1.807, 2.05) is 18.2 Å². The van der Waals surface area contributed by atoms with Gasteiger partial charge in [0.1, 0.15) is 11.6 Å². The highest BCUT2D eigenvalue weighted by Gasteiger charge is 2.13. The van der Waals surface area contributed by atoms with Gasteiger partial charge >= 0.3 is 0 Å². The summed E-state index contributed by atoms with van der Waals surface area (Å²) in [7, 11) is 1.67. The number of aryl methyl sites for hydroxylation is 2. The third-order valence-corrected chi connectivity index (χ3v) is 4.82. The zero-order valence-corrected chi connectivity index (χ0v) is 16.8. The van der Waals surface area contributed by atoms with Gasteiger partial charge in [0.2, 0.25) is 0 Å². The molecule has 0 aliphatic rings. The third-order valence-electron chi connectivity index (χ3n) is 4.51. The summed E-state index contributed by atoms with van der Waals surface area (Å²) < 4.78 is 7.40. The van der Waals surface area contributed by atoms with E-state index in [2.05, 4.69) is 56.5 Å². The largest absolute Gasteiger partial charge is 0.497 e. The van der Waals surface area contributed by atoms with Crippen LogP contribution in [0.1, 0.15) is 22.8 Å². The van der Waals surface area contributed by atoms with E-state index in [-0.39, 0.29) is 0 Å². The number of benzene rings is 2. The number of nitrogens with one attached hydrogen (secondary N) is 1. The van der Waals surface area contributed by atoms with E-state index in [0.29, 0.717) is 24.6 Å². The zero-order valence-electron chi connectivity index (χ0n) is 16.0. The van der Waals surface area contributed by atoms with Crippen molar-refractivity contribution in [2.45, 2.75) is 25.9 Å². The predicted molar refractivity (Wildman–Crippen MR) is 114 cm³/mol. The van der Waals surface area contributed by atoms with Crippen LogP contribution in [-0.4, -0.2) is 33.4 Å². The van der Waals surface area contributed by atoms with Crippen LogP contribution in [0.2, 0.25) is 0 Å². The molecule has 0 aliphatic heterocycles. The Labute approximate surface area is 170 Å². The highest BCUT2D eigenvalue weighted by molar-refractivity contribution is 7.80. The highest BCUT2D eigenvalue weighted by Crippen LogP contribution is 2.15. The van der Waals surface area contributed by atoms with Crippen molar-refractivity contribution in [2.24, 2.45) is 5.73 Å². The monoisotopic (exact) mass is 395 g/mol. The van der Waals surface area contributed by atoms with Gasteiger partial charge in [0.05, 0.1) is 25.2 Å². The average molecular weight is 396 g/mol. The van der Waals surface area contributed by atoms with Gasteiger partial charge in [-0.05, 0) is 29.7 Å². The Morgan fingerprint density at radius 1 is 1.00 bits per heavy atom. The number of ether oxygens (including phenoxy) is 1. The van der Waals surface area contributed by atoms with Crippen molar-refractivity contribution in [3.63, 3.8) is 0 Å². The Morgan fingerprint density at radius 3 is 2.39 bits per heavy atom. The molecule has 0 fully saturated rings. The number of aromatic nitrogens is 3. The summed E-state index contributed by atoms with van der Waals surface area (Å²) in [5.41, 5.74) is 8.02. The lowest BCUT2D eigenvalue weighted by atomic mass is 10.1. The van der Waals surface area contributed by atoms with Crippen LogP contribution >= 0.6 is 12.2 Å². The van der Waals surface area contributed by atoms with E-state index >= 15 is 0 Å². The highest BCUT2D eigenvalue weighted by atomic mass is 32.1. The van der Waals surface area contributed by atoms with E-state index in [1.165, 1.54) is 5.56 Å². The van der Waals surface area contributed by atoms with Crippen molar-refractivity contribution in [3.8, 4) is 5.75 Å². The normalized spacial score (nSPS) is 10.6. The molecule has 146 valence electrons. The van der Waals surface area contributed by atoms with Gasteiger partial charge in [-0.25, -0.2) is 0 Å². The number of nitrogens with zero attached hydrogens (tertiary/aromatic N) is 3. The molecule has 1 heterocycles. The summed E-state index contributed by atoms with van der Waals surface area (Å²) in [6.07, 6.45) is 1.73. The molecule has 0 atom stereocenters. The zero-order chi connectivity index (χ0) is 19.8. The number of thiocarbonyl (C=S) groups is 1. The van der Waals surface area contributed by atoms with Crippen LogP contribution in [-0.2, 0) is 25.9 Å². The summed E-state index contributed by atoms with van der Waals surface area (Å²) in [5, 5.41) is 12.0. The van der Waals surface area contributed by atoms with Gasteiger partial charge in [0, 0.05) is 13.0 Å². The van der Waals surface area contributed by atoms with E-state index in [0.717, 1.165) is 35.8 Å². The van der Waals surface area contributed by atoms with Crippen LogP contribution in [0.5, 0.6) is 5.75 Å². The van der Waals surface area contributed by atoms with Gasteiger partial charge in [-0.2, -0.15) is 0 Å². The van der Waals surface area contributed by atoms with Crippen molar-refractivity contribution in [3.05, 3.63) is 77.4 Å². The molecule has 0 saturated carbocycles. The van der Waals surface area contributed by atoms with E-state index < -0.39 is 0 Å². The average Bonchev–Trinajstić information content (AvgIpc) is 3.13. The molecule has 1 aromatic heterocycles. The Bertz CT molecular complexity index is 893. The maximum atomic E-state index is 5.58. The van der Waals surface area contributed by atoms with Crippen LogP contribution in [0.4, 0.5) is 0 Å². The molecule has 0 aliphatic carbocycles. The Kier molecular flexibility index (Phi) is 7.11. The minimum atomic E-state index is 0.322. The molecule has 0 unspecified atom stereocenters. The van der Waals surface area contributed by atoms with Crippen molar-refractivity contribution >= 4 is 17.2 Å². The quantitative estimate of drug-likeness (QED) is 0.542. The summed E-state index contributed by atoms with van der Waals surface area (Å²) in [6.45, 7) is 1.51. The molecular weight excluding hydrogens is 370 g/mol. The van der Waals surface area contributed by atoms with Crippen LogP contribution < -0.4 is 15.8 Å². The van der Waals surface area contributed by atoms with Gasteiger partial charge < -0.3 is 20.4 Å². The Hall–Kier alpha value is -2.77. The van der Waals surface area contributed by atoms with Crippen LogP contribution in [0, 0.1) is 0 Å². The van der Waals surface area contributed by atoms with E-state index in [1.54, 1.807) is 7.11 Å². The second kappa shape index (κ2) is 9.96. The maximum absolute atomic E-state index is 5.58. The first kappa shape index (κ1) is 20.0. The number of nitrogens with two attached hydrogens (primary N) is 1. The van der Waals surface area contributed by atoms with Gasteiger partial charge in [0.15, 0.2) is 5.82 Å². The fraction of sp³-hybridized carbons (Fsp3) is 0.286. The summed E-state index contributed by atoms with van der Waals surface area (Å²) in [4.78, 5) is 0.616. The van der Waals surface area contributed by atoms with Crippen molar-refractivity contribution in [1.29, 1.82) is 0 Å². The molecule has 2 aromatic carbocycles. The maximum Gasteiger partial charge on any atom is 0.152 e. The molecular formula is C21H25N5OS. The van der Waals surface area contributed by atoms with Crippen molar-refractivity contribution in [1.82, 2.24) is 20.1 Å². The lowest BCUT2D eigenvalue weighted by molar-refractivity contribution is 0.414. The Morgan fingerprint density at radius 2 is 1.71 bits per heavy atom. The predicted octanol–water partition coefficient (Wildman–Crippen LogP) is 2.50. The third kappa shape index (κ3) is 5.37. The molecule has 6 nitrogen and oxygen atoms in total. The molecule has 3 rings (SSSR count). The Balaban J connectivity index is 1.79. The smallest absolute Gasteiger partial charge is 0.152 e. The number of rotatable bonds is 9. The minimum Gasteiger partial charge on any atom is -0.497 e. The lowest BCUT2D eigenvalue weighted by Gasteiger charge is -2.12. The number of hydrogen-bond acceptors (Lipinski definition) is 5. The van der Waals surface area contributed by atoms with Crippen molar-refractivity contribution < 1.29 is 4.74 Å². The standard InChI is InChI=1S/C21H25N5OS/c1-27-18-10-7-17(8-11-18)15-26-19(12-9-16-5-3-2-4-6-16)24-25-20(26)14-23-21(28)13-22/h2-8,10-11H,9,12-15,22H2,1H3,(H,23,28). The molecule has 7 heteroatoms. The molecule has 0 saturated heterocycles. The summed E-state index contributed by atoms with van der Waals surface area (Å²) in [6, 6.07) is 18.4.